The van der Waals surface area contributed by atoms with Gasteiger partial charge in [0.15, 0.2) is 11.6 Å². The highest BCUT2D eigenvalue weighted by Crippen LogP contribution is 2.26. The van der Waals surface area contributed by atoms with Crippen molar-refractivity contribution < 1.29 is 18.5 Å². The molecule has 1 aliphatic heterocycles. The molecule has 0 bridgehead atoms. The number of para-hydroxylation sites is 1. The average Bonchev–Trinajstić information content (AvgIpc) is 3.27. The molecule has 4 rings (SSSR count). The number of carbonyl (C=O) groups excluding carboxylic acids is 1. The molecule has 3 heterocycles. The van der Waals surface area contributed by atoms with Crippen molar-refractivity contribution in [3.8, 4) is 17.4 Å². The topological polar surface area (TPSA) is 90.4 Å². The predicted octanol–water partition coefficient (Wildman–Crippen LogP) is 2.59. The quantitative estimate of drug-likeness (QED) is 0.786. The van der Waals surface area contributed by atoms with Gasteiger partial charge in [0.05, 0.1) is 19.4 Å². The second kappa shape index (κ2) is 6.80. The Kier molecular flexibility index (Phi) is 4.20. The molecule has 1 amide bonds. The van der Waals surface area contributed by atoms with E-state index in [0.717, 1.165) is 11.3 Å². The number of nitrogens with zero attached hydrogens (tertiary/aromatic N) is 2. The minimum absolute atomic E-state index is 0.0374. The van der Waals surface area contributed by atoms with Gasteiger partial charge in [-0.1, -0.05) is 23.4 Å². The van der Waals surface area contributed by atoms with E-state index in [1.807, 2.05) is 24.3 Å². The fraction of sp³-hybridized carbons (Fsp3) is 0.278. The average molecular weight is 339 g/mol. The molecule has 1 unspecified atom stereocenters. The standard InChI is InChI=1S/C18H17N3O4/c22-17(13-7-9-24-14-5-2-1-4-12(14)10-13)19-11-16-20-18(25-21-16)15-6-3-8-23-15/h1-6,8,13H,7,9-11H2,(H,19,22). The number of fused-ring (bicyclic) bond motifs is 1. The Morgan fingerprint density at radius 3 is 3.04 bits per heavy atom. The van der Waals surface area contributed by atoms with Crippen LogP contribution in [0.15, 0.2) is 51.6 Å². The van der Waals surface area contributed by atoms with Gasteiger partial charge in [-0.25, -0.2) is 0 Å². The highest BCUT2D eigenvalue weighted by atomic mass is 16.5. The minimum atomic E-state index is -0.139. The van der Waals surface area contributed by atoms with Crippen LogP contribution in [-0.2, 0) is 17.8 Å². The zero-order valence-corrected chi connectivity index (χ0v) is 13.5. The molecule has 1 aliphatic rings. The summed E-state index contributed by atoms with van der Waals surface area (Å²) >= 11 is 0. The zero-order valence-electron chi connectivity index (χ0n) is 13.5. The van der Waals surface area contributed by atoms with Crippen LogP contribution in [0, 0.1) is 5.92 Å². The van der Waals surface area contributed by atoms with Crippen molar-refractivity contribution in [3.05, 3.63) is 54.0 Å². The molecule has 0 spiro atoms. The Morgan fingerprint density at radius 2 is 2.16 bits per heavy atom. The highest BCUT2D eigenvalue weighted by Gasteiger charge is 2.24. The zero-order chi connectivity index (χ0) is 17.1. The van der Waals surface area contributed by atoms with E-state index >= 15 is 0 Å². The van der Waals surface area contributed by atoms with Crippen molar-refractivity contribution >= 4 is 5.91 Å². The Hall–Kier alpha value is -3.09. The first kappa shape index (κ1) is 15.4. The first-order valence-corrected chi connectivity index (χ1v) is 8.14. The normalized spacial score (nSPS) is 16.6. The van der Waals surface area contributed by atoms with Gasteiger partial charge >= 0.3 is 0 Å². The van der Waals surface area contributed by atoms with E-state index in [1.54, 1.807) is 12.1 Å². The van der Waals surface area contributed by atoms with E-state index < -0.39 is 0 Å². The molecule has 7 nitrogen and oxygen atoms in total. The maximum Gasteiger partial charge on any atom is 0.293 e. The van der Waals surface area contributed by atoms with Gasteiger partial charge in [-0.05, 0) is 36.6 Å². The molecule has 7 heteroatoms. The molecule has 0 aliphatic carbocycles. The summed E-state index contributed by atoms with van der Waals surface area (Å²) < 4.78 is 16.0. The van der Waals surface area contributed by atoms with Crippen LogP contribution in [0.5, 0.6) is 5.75 Å². The van der Waals surface area contributed by atoms with Gasteiger partial charge in [0.1, 0.15) is 5.75 Å². The number of aromatic nitrogens is 2. The van der Waals surface area contributed by atoms with Gasteiger partial charge < -0.3 is 19.0 Å². The van der Waals surface area contributed by atoms with Gasteiger partial charge in [-0.15, -0.1) is 0 Å². The maximum atomic E-state index is 12.5. The molecule has 1 aromatic carbocycles. The van der Waals surface area contributed by atoms with Crippen molar-refractivity contribution in [3.63, 3.8) is 0 Å². The number of nitrogens with one attached hydrogen (secondary N) is 1. The van der Waals surface area contributed by atoms with E-state index in [9.17, 15) is 4.79 Å². The van der Waals surface area contributed by atoms with Gasteiger partial charge in [-0.2, -0.15) is 4.98 Å². The molecular weight excluding hydrogens is 322 g/mol. The van der Waals surface area contributed by atoms with Crippen LogP contribution < -0.4 is 10.1 Å². The molecular formula is C18H17N3O4. The summed E-state index contributed by atoms with van der Waals surface area (Å²) in [6.07, 6.45) is 2.86. The third kappa shape index (κ3) is 3.40. The molecule has 1 atom stereocenters. The van der Waals surface area contributed by atoms with E-state index in [-0.39, 0.29) is 18.4 Å². The lowest BCUT2D eigenvalue weighted by Gasteiger charge is -2.12. The van der Waals surface area contributed by atoms with Crippen LogP contribution in [-0.4, -0.2) is 22.7 Å². The lowest BCUT2D eigenvalue weighted by Crippen LogP contribution is -2.32. The summed E-state index contributed by atoms with van der Waals surface area (Å²) in [5.74, 6) is 1.89. The summed E-state index contributed by atoms with van der Waals surface area (Å²) in [5.41, 5.74) is 1.06. The molecule has 0 fully saturated rings. The minimum Gasteiger partial charge on any atom is -0.493 e. The molecule has 3 aromatic rings. The summed E-state index contributed by atoms with van der Waals surface area (Å²) in [6.45, 7) is 0.738. The Bertz CT molecular complexity index is 857. The van der Waals surface area contributed by atoms with Crippen LogP contribution in [0.1, 0.15) is 17.8 Å². The third-order valence-corrected chi connectivity index (χ3v) is 4.15. The van der Waals surface area contributed by atoms with Crippen LogP contribution in [0.25, 0.3) is 11.7 Å². The second-order valence-electron chi connectivity index (χ2n) is 5.86. The lowest BCUT2D eigenvalue weighted by molar-refractivity contribution is -0.125. The molecule has 128 valence electrons. The SMILES string of the molecule is O=C(NCc1noc(-c2ccco2)n1)C1CCOc2ccccc2C1. The van der Waals surface area contributed by atoms with E-state index in [4.69, 9.17) is 13.7 Å². The molecule has 0 radical (unpaired) electrons. The van der Waals surface area contributed by atoms with Crippen LogP contribution in [0.4, 0.5) is 0 Å². The molecule has 0 saturated heterocycles. The monoisotopic (exact) mass is 339 g/mol. The van der Waals surface area contributed by atoms with Crippen molar-refractivity contribution in [1.82, 2.24) is 15.5 Å². The lowest BCUT2D eigenvalue weighted by atomic mass is 9.96. The van der Waals surface area contributed by atoms with Gasteiger partial charge in [-0.3, -0.25) is 4.79 Å². The maximum absolute atomic E-state index is 12.5. The van der Waals surface area contributed by atoms with E-state index in [0.29, 0.717) is 36.9 Å². The van der Waals surface area contributed by atoms with Crippen molar-refractivity contribution in [2.45, 2.75) is 19.4 Å². The number of furan rings is 1. The summed E-state index contributed by atoms with van der Waals surface area (Å²) in [4.78, 5) is 16.7. The molecule has 25 heavy (non-hydrogen) atoms. The Balaban J connectivity index is 1.38. The summed E-state index contributed by atoms with van der Waals surface area (Å²) in [6, 6.07) is 11.3. The van der Waals surface area contributed by atoms with Gasteiger partial charge in [0, 0.05) is 5.92 Å². The number of benzene rings is 1. The first-order valence-electron chi connectivity index (χ1n) is 8.14. The summed E-state index contributed by atoms with van der Waals surface area (Å²) in [5, 5.41) is 6.73. The van der Waals surface area contributed by atoms with Crippen molar-refractivity contribution in [1.29, 1.82) is 0 Å². The van der Waals surface area contributed by atoms with Crippen molar-refractivity contribution in [2.75, 3.05) is 6.61 Å². The third-order valence-electron chi connectivity index (χ3n) is 4.15. The van der Waals surface area contributed by atoms with E-state index in [1.165, 1.54) is 6.26 Å². The first-order chi connectivity index (χ1) is 12.3. The van der Waals surface area contributed by atoms with Crippen LogP contribution in [0.2, 0.25) is 0 Å². The number of hydrogen-bond donors (Lipinski definition) is 1. The molecule has 2 aromatic heterocycles. The summed E-state index contributed by atoms with van der Waals surface area (Å²) in [7, 11) is 0. The highest BCUT2D eigenvalue weighted by molar-refractivity contribution is 5.79. The molecule has 1 N–H and O–H groups in total. The van der Waals surface area contributed by atoms with Crippen molar-refractivity contribution in [2.24, 2.45) is 5.92 Å². The predicted molar refractivity (Wildman–Crippen MR) is 87.6 cm³/mol. The smallest absolute Gasteiger partial charge is 0.293 e. The fourth-order valence-corrected chi connectivity index (χ4v) is 2.85. The fourth-order valence-electron chi connectivity index (χ4n) is 2.85. The number of amides is 1. The Labute approximate surface area is 144 Å². The number of rotatable bonds is 4. The van der Waals surface area contributed by atoms with E-state index in [2.05, 4.69) is 15.5 Å². The van der Waals surface area contributed by atoms with Crippen LogP contribution in [0.3, 0.4) is 0 Å². The number of carbonyl (C=O) groups is 1. The Morgan fingerprint density at radius 1 is 1.24 bits per heavy atom. The van der Waals surface area contributed by atoms with Gasteiger partial charge in [0.25, 0.3) is 5.89 Å². The number of ether oxygens (including phenoxy) is 1. The second-order valence-corrected chi connectivity index (χ2v) is 5.86. The van der Waals surface area contributed by atoms with Gasteiger partial charge in [0.2, 0.25) is 5.91 Å². The number of hydrogen-bond acceptors (Lipinski definition) is 6. The molecule has 0 saturated carbocycles. The largest absolute Gasteiger partial charge is 0.493 e. The van der Waals surface area contributed by atoms with Crippen LogP contribution >= 0.6 is 0 Å².